The van der Waals surface area contributed by atoms with Crippen LogP contribution in [0.5, 0.6) is 0 Å². The molecule has 1 unspecified atom stereocenters. The Labute approximate surface area is 110 Å². The number of allylic oxidation sites excluding steroid dienone is 2. The number of hydrogen-bond acceptors (Lipinski definition) is 2. The van der Waals surface area contributed by atoms with Gasteiger partial charge in [0.1, 0.15) is 5.66 Å². The maximum atomic E-state index is 3.96. The Bertz CT molecular complexity index is 475. The minimum atomic E-state index is -0.0583. The molecule has 1 atom stereocenters. The predicted molar refractivity (Wildman–Crippen MR) is 76.7 cm³/mol. The molecule has 1 aliphatic rings. The largest absolute Gasteiger partial charge is 0.354 e. The summed E-state index contributed by atoms with van der Waals surface area (Å²) in [6.45, 7) is 10.6. The lowest BCUT2D eigenvalue weighted by Gasteiger charge is -2.41. The fourth-order valence-electron chi connectivity index (χ4n) is 2.82. The van der Waals surface area contributed by atoms with Crippen LogP contribution in [0.15, 0.2) is 54.5 Å². The number of hydrogen-bond donors (Lipinski definition) is 0. The number of benzene rings is 1. The minimum absolute atomic E-state index is 0.0583. The normalized spacial score (nSPS) is 23.8. The number of likely N-dealkylation sites (N-methyl/N-ethyl adjacent to an activating group) is 1. The Morgan fingerprint density at radius 1 is 1.17 bits per heavy atom. The van der Waals surface area contributed by atoms with Gasteiger partial charge in [0, 0.05) is 24.9 Å². The quantitative estimate of drug-likeness (QED) is 0.799. The summed E-state index contributed by atoms with van der Waals surface area (Å²) in [5.41, 5.74) is 3.89. The first-order valence-corrected chi connectivity index (χ1v) is 6.38. The summed E-state index contributed by atoms with van der Waals surface area (Å²) in [5, 5.41) is 0. The lowest BCUT2D eigenvalue weighted by Crippen LogP contribution is -2.50. The van der Waals surface area contributed by atoms with E-state index in [4.69, 9.17) is 0 Å². The van der Waals surface area contributed by atoms with E-state index < -0.39 is 0 Å². The second-order valence-electron chi connectivity index (χ2n) is 5.16. The molecule has 0 aromatic heterocycles. The summed E-state index contributed by atoms with van der Waals surface area (Å²) in [7, 11) is 2.16. The molecule has 0 bridgehead atoms. The molecular weight excluding hydrogens is 220 g/mol. The van der Waals surface area contributed by atoms with Crippen molar-refractivity contribution in [3.63, 3.8) is 0 Å². The highest BCUT2D eigenvalue weighted by atomic mass is 15.4. The zero-order chi connectivity index (χ0) is 13.3. The van der Waals surface area contributed by atoms with Crippen LogP contribution >= 0.6 is 0 Å². The number of rotatable bonds is 3. The highest BCUT2D eigenvalue weighted by Crippen LogP contribution is 2.38. The molecule has 0 amide bonds. The van der Waals surface area contributed by atoms with Crippen LogP contribution in [0.3, 0.4) is 0 Å². The van der Waals surface area contributed by atoms with Gasteiger partial charge in [0.15, 0.2) is 0 Å². The first-order valence-electron chi connectivity index (χ1n) is 6.38. The van der Waals surface area contributed by atoms with Crippen LogP contribution in [0.1, 0.15) is 26.3 Å². The van der Waals surface area contributed by atoms with Crippen LogP contribution < -0.4 is 0 Å². The SMILES string of the molecule is C=CN1C(C)=C(C)N(C)C1(C)Cc1ccccc1. The molecule has 1 aromatic carbocycles. The molecule has 0 aliphatic carbocycles. The van der Waals surface area contributed by atoms with Gasteiger partial charge in [-0.3, -0.25) is 0 Å². The molecule has 0 fully saturated rings. The third kappa shape index (κ3) is 1.82. The molecule has 0 saturated carbocycles. The van der Waals surface area contributed by atoms with Gasteiger partial charge in [0.05, 0.1) is 0 Å². The molecule has 1 heterocycles. The molecule has 0 saturated heterocycles. The number of nitrogens with zero attached hydrogens (tertiary/aromatic N) is 2. The highest BCUT2D eigenvalue weighted by molar-refractivity contribution is 5.26. The average molecular weight is 242 g/mol. The van der Waals surface area contributed by atoms with Crippen LogP contribution in [0, 0.1) is 0 Å². The van der Waals surface area contributed by atoms with Crippen LogP contribution in [-0.4, -0.2) is 22.5 Å². The van der Waals surface area contributed by atoms with E-state index in [0.717, 1.165) is 6.42 Å². The van der Waals surface area contributed by atoms with Gasteiger partial charge < -0.3 is 9.80 Å². The zero-order valence-corrected chi connectivity index (χ0v) is 11.8. The van der Waals surface area contributed by atoms with E-state index >= 15 is 0 Å². The molecule has 2 heteroatoms. The van der Waals surface area contributed by atoms with E-state index in [1.165, 1.54) is 17.0 Å². The summed E-state index contributed by atoms with van der Waals surface area (Å²) >= 11 is 0. The van der Waals surface area contributed by atoms with E-state index in [9.17, 15) is 0 Å². The Kier molecular flexibility index (Phi) is 3.20. The van der Waals surface area contributed by atoms with Crippen LogP contribution in [0.4, 0.5) is 0 Å². The van der Waals surface area contributed by atoms with E-state index in [2.05, 4.69) is 74.5 Å². The third-order valence-electron chi connectivity index (χ3n) is 4.19. The van der Waals surface area contributed by atoms with Crippen LogP contribution in [-0.2, 0) is 6.42 Å². The zero-order valence-electron chi connectivity index (χ0n) is 11.8. The molecule has 2 rings (SSSR count). The Balaban J connectivity index is 2.34. The summed E-state index contributed by atoms with van der Waals surface area (Å²) in [6, 6.07) is 10.6. The molecule has 18 heavy (non-hydrogen) atoms. The first kappa shape index (κ1) is 12.7. The van der Waals surface area contributed by atoms with Crippen molar-refractivity contribution >= 4 is 0 Å². The van der Waals surface area contributed by atoms with E-state index in [1.54, 1.807) is 0 Å². The lowest BCUT2D eigenvalue weighted by molar-refractivity contribution is 0.0867. The van der Waals surface area contributed by atoms with Crippen LogP contribution in [0.25, 0.3) is 0 Å². The molecule has 0 N–H and O–H groups in total. The van der Waals surface area contributed by atoms with Crippen LogP contribution in [0.2, 0.25) is 0 Å². The molecule has 0 radical (unpaired) electrons. The highest BCUT2D eigenvalue weighted by Gasteiger charge is 2.41. The third-order valence-corrected chi connectivity index (χ3v) is 4.19. The van der Waals surface area contributed by atoms with Crippen molar-refractivity contribution in [2.75, 3.05) is 7.05 Å². The lowest BCUT2D eigenvalue weighted by atomic mass is 9.99. The maximum Gasteiger partial charge on any atom is 0.117 e. The second-order valence-corrected chi connectivity index (χ2v) is 5.16. The van der Waals surface area contributed by atoms with Crippen molar-refractivity contribution in [3.05, 3.63) is 60.1 Å². The van der Waals surface area contributed by atoms with Crippen molar-refractivity contribution in [3.8, 4) is 0 Å². The van der Waals surface area contributed by atoms with Gasteiger partial charge in [-0.05, 0) is 32.5 Å². The standard InChI is InChI=1S/C16H22N2/c1-6-18-14(3)13(2)17(5)16(18,4)12-15-10-8-7-9-11-15/h6-11H,1,12H2,2-5H3. The predicted octanol–water partition coefficient (Wildman–Crippen LogP) is 3.59. The molecule has 1 aromatic rings. The van der Waals surface area contributed by atoms with Crippen molar-refractivity contribution in [1.29, 1.82) is 0 Å². The monoisotopic (exact) mass is 242 g/mol. The first-order chi connectivity index (χ1) is 8.50. The van der Waals surface area contributed by atoms with Crippen molar-refractivity contribution in [2.45, 2.75) is 32.9 Å². The fraction of sp³-hybridized carbons (Fsp3) is 0.375. The van der Waals surface area contributed by atoms with Gasteiger partial charge in [-0.15, -0.1) is 0 Å². The average Bonchev–Trinajstić information content (AvgIpc) is 2.52. The topological polar surface area (TPSA) is 6.48 Å². The van der Waals surface area contributed by atoms with Crippen molar-refractivity contribution in [1.82, 2.24) is 9.80 Å². The summed E-state index contributed by atoms with van der Waals surface area (Å²) < 4.78 is 0. The summed E-state index contributed by atoms with van der Waals surface area (Å²) in [5.74, 6) is 0. The van der Waals surface area contributed by atoms with E-state index in [1.807, 2.05) is 6.20 Å². The molecule has 0 spiro atoms. The van der Waals surface area contributed by atoms with Crippen molar-refractivity contribution < 1.29 is 0 Å². The minimum Gasteiger partial charge on any atom is -0.354 e. The maximum absolute atomic E-state index is 3.96. The van der Waals surface area contributed by atoms with Gasteiger partial charge >= 0.3 is 0 Å². The molecule has 2 nitrogen and oxygen atoms in total. The summed E-state index contributed by atoms with van der Waals surface area (Å²) in [4.78, 5) is 4.62. The van der Waals surface area contributed by atoms with E-state index in [-0.39, 0.29) is 5.66 Å². The van der Waals surface area contributed by atoms with Gasteiger partial charge in [0.25, 0.3) is 0 Å². The Morgan fingerprint density at radius 2 is 1.78 bits per heavy atom. The molecule has 96 valence electrons. The Morgan fingerprint density at radius 3 is 2.33 bits per heavy atom. The van der Waals surface area contributed by atoms with Gasteiger partial charge in [0.2, 0.25) is 0 Å². The molecular formula is C16H22N2. The van der Waals surface area contributed by atoms with Gasteiger partial charge in [-0.2, -0.15) is 0 Å². The van der Waals surface area contributed by atoms with E-state index in [0.29, 0.717) is 0 Å². The summed E-state index contributed by atoms with van der Waals surface area (Å²) in [6.07, 6.45) is 2.91. The molecule has 1 aliphatic heterocycles. The van der Waals surface area contributed by atoms with Crippen molar-refractivity contribution in [2.24, 2.45) is 0 Å². The fourth-order valence-corrected chi connectivity index (χ4v) is 2.82. The van der Waals surface area contributed by atoms with Gasteiger partial charge in [-0.1, -0.05) is 36.9 Å². The second kappa shape index (κ2) is 4.52. The Hall–Kier alpha value is -1.70. The smallest absolute Gasteiger partial charge is 0.117 e. The van der Waals surface area contributed by atoms with Gasteiger partial charge in [-0.25, -0.2) is 0 Å².